The maximum Gasteiger partial charge on any atom is 0.271 e. The number of benzene rings is 1. The Labute approximate surface area is 203 Å². The molecule has 1 fully saturated rings. The van der Waals surface area contributed by atoms with Crippen LogP contribution in [0.4, 0.5) is 11.5 Å². The number of hydrogen-bond donors (Lipinski definition) is 3. The van der Waals surface area contributed by atoms with Crippen molar-refractivity contribution in [2.24, 2.45) is 11.7 Å². The van der Waals surface area contributed by atoms with Gasteiger partial charge in [0, 0.05) is 11.9 Å². The Hall–Kier alpha value is -1.94. The third kappa shape index (κ3) is 6.79. The molecule has 1 aliphatic carbocycles. The zero-order chi connectivity index (χ0) is 24.4. The molecular weight excluding hydrogens is 487 g/mol. The highest BCUT2D eigenvalue weighted by atomic mass is 35.5. The van der Waals surface area contributed by atoms with Gasteiger partial charge in [-0.15, -0.1) is 0 Å². The van der Waals surface area contributed by atoms with E-state index in [-0.39, 0.29) is 26.6 Å². The van der Waals surface area contributed by atoms with Gasteiger partial charge >= 0.3 is 0 Å². The number of amides is 1. The molecule has 4 N–H and O–H groups in total. The van der Waals surface area contributed by atoms with Crippen LogP contribution < -0.4 is 11.1 Å². The maximum absolute atomic E-state index is 11.9. The van der Waals surface area contributed by atoms with Gasteiger partial charge in [-0.3, -0.25) is 4.79 Å². The fourth-order valence-corrected chi connectivity index (χ4v) is 5.58. The number of rotatable bonds is 8. The van der Waals surface area contributed by atoms with E-state index in [0.717, 1.165) is 44.8 Å². The SMILES string of the molecule is CS(=O)(=O)c1ccc(Nc2nc(CCC[C@H]3CC[C@](C)(O)CC3)c(Cl)nc2C(N)=O)cc1Cl. The number of aromatic nitrogens is 2. The first-order valence-corrected chi connectivity index (χ1v) is 13.4. The van der Waals surface area contributed by atoms with Gasteiger partial charge in [-0.05, 0) is 69.6 Å². The van der Waals surface area contributed by atoms with E-state index in [2.05, 4.69) is 15.3 Å². The van der Waals surface area contributed by atoms with Crippen LogP contribution in [0.2, 0.25) is 10.2 Å². The third-order valence-corrected chi connectivity index (χ3v) is 7.84. The Balaban J connectivity index is 1.75. The van der Waals surface area contributed by atoms with Crippen molar-refractivity contribution in [2.45, 2.75) is 62.4 Å². The van der Waals surface area contributed by atoms with Crippen molar-refractivity contribution in [1.29, 1.82) is 0 Å². The van der Waals surface area contributed by atoms with Crippen molar-refractivity contribution in [1.82, 2.24) is 9.97 Å². The van der Waals surface area contributed by atoms with Crippen LogP contribution >= 0.6 is 23.2 Å². The first-order chi connectivity index (χ1) is 15.4. The summed E-state index contributed by atoms with van der Waals surface area (Å²) < 4.78 is 23.6. The second kappa shape index (κ2) is 10.1. The molecule has 0 radical (unpaired) electrons. The van der Waals surface area contributed by atoms with Crippen LogP contribution in [-0.2, 0) is 16.3 Å². The standard InChI is InChI=1S/C22H28Cl2N4O4S/c1-22(30)10-8-13(9-11-22)4-3-5-16-19(24)28-18(20(25)29)21(27-16)26-14-6-7-17(15(23)12-14)33(2,31)32/h6-7,12-13,30H,3-5,8-11H2,1-2H3,(H2,25,29)(H,26,27)/t13-,22-. The summed E-state index contributed by atoms with van der Waals surface area (Å²) in [6.45, 7) is 1.88. The van der Waals surface area contributed by atoms with Crippen LogP contribution in [0.15, 0.2) is 23.1 Å². The first-order valence-electron chi connectivity index (χ1n) is 10.7. The molecular formula is C22H28Cl2N4O4S. The molecule has 33 heavy (non-hydrogen) atoms. The van der Waals surface area contributed by atoms with Crippen molar-refractivity contribution < 1.29 is 18.3 Å². The first kappa shape index (κ1) is 25.7. The molecule has 11 heteroatoms. The number of nitrogens with zero attached hydrogens (tertiary/aromatic N) is 2. The van der Waals surface area contributed by atoms with Crippen LogP contribution in [0, 0.1) is 5.92 Å². The molecule has 0 bridgehead atoms. The number of primary amides is 1. The number of carbonyl (C=O) groups excluding carboxylic acids is 1. The summed E-state index contributed by atoms with van der Waals surface area (Å²) in [6.07, 6.45) is 7.05. The molecule has 0 spiro atoms. The number of anilines is 2. The van der Waals surface area contributed by atoms with E-state index in [0.29, 0.717) is 23.7 Å². The lowest BCUT2D eigenvalue weighted by atomic mass is 9.78. The summed E-state index contributed by atoms with van der Waals surface area (Å²) in [4.78, 5) is 20.5. The average molecular weight is 515 g/mol. The molecule has 0 saturated heterocycles. The quantitative estimate of drug-likeness (QED) is 0.477. The smallest absolute Gasteiger partial charge is 0.271 e. The molecule has 1 aliphatic rings. The minimum atomic E-state index is -3.48. The van der Waals surface area contributed by atoms with Crippen LogP contribution in [-0.4, -0.2) is 41.3 Å². The van der Waals surface area contributed by atoms with Gasteiger partial charge in [-0.25, -0.2) is 18.4 Å². The van der Waals surface area contributed by atoms with E-state index < -0.39 is 21.3 Å². The Morgan fingerprint density at radius 2 is 1.94 bits per heavy atom. The lowest BCUT2D eigenvalue weighted by Gasteiger charge is -2.33. The number of nitrogens with two attached hydrogens (primary N) is 1. The molecule has 1 saturated carbocycles. The maximum atomic E-state index is 11.9. The summed E-state index contributed by atoms with van der Waals surface area (Å²) in [5.41, 5.74) is 5.73. The highest BCUT2D eigenvalue weighted by Crippen LogP contribution is 2.34. The number of aryl methyl sites for hydroxylation is 1. The molecule has 2 aromatic rings. The normalized spacial score (nSPS) is 21.1. The van der Waals surface area contributed by atoms with Crippen LogP contribution in [0.3, 0.4) is 0 Å². The molecule has 1 amide bonds. The van der Waals surface area contributed by atoms with Crippen molar-refractivity contribution >= 4 is 50.5 Å². The molecule has 0 unspecified atom stereocenters. The van der Waals surface area contributed by atoms with E-state index in [9.17, 15) is 18.3 Å². The predicted molar refractivity (Wildman–Crippen MR) is 129 cm³/mol. The van der Waals surface area contributed by atoms with Gasteiger partial charge < -0.3 is 16.2 Å². The van der Waals surface area contributed by atoms with E-state index in [1.807, 2.05) is 6.92 Å². The Kier molecular flexibility index (Phi) is 7.88. The molecule has 1 aromatic carbocycles. The van der Waals surface area contributed by atoms with Crippen molar-refractivity contribution in [3.63, 3.8) is 0 Å². The van der Waals surface area contributed by atoms with Crippen LogP contribution in [0.25, 0.3) is 0 Å². The highest BCUT2D eigenvalue weighted by molar-refractivity contribution is 7.90. The largest absolute Gasteiger partial charge is 0.390 e. The number of halogens is 2. The fraction of sp³-hybridized carbons (Fsp3) is 0.500. The Bertz CT molecular complexity index is 1150. The monoisotopic (exact) mass is 514 g/mol. The topological polar surface area (TPSA) is 135 Å². The van der Waals surface area contributed by atoms with Gasteiger partial charge in [-0.1, -0.05) is 29.6 Å². The molecule has 0 atom stereocenters. The molecule has 0 aliphatic heterocycles. The Morgan fingerprint density at radius 3 is 2.52 bits per heavy atom. The van der Waals surface area contributed by atoms with Gasteiger partial charge in [-0.2, -0.15) is 0 Å². The van der Waals surface area contributed by atoms with Crippen molar-refractivity contribution in [2.75, 3.05) is 11.6 Å². The van der Waals surface area contributed by atoms with Gasteiger partial charge in [0.15, 0.2) is 26.5 Å². The summed E-state index contributed by atoms with van der Waals surface area (Å²) in [6, 6.07) is 4.31. The summed E-state index contributed by atoms with van der Waals surface area (Å²) in [5.74, 6) is -0.125. The summed E-state index contributed by atoms with van der Waals surface area (Å²) >= 11 is 12.4. The van der Waals surface area contributed by atoms with E-state index >= 15 is 0 Å². The second-order valence-corrected chi connectivity index (χ2v) is 11.6. The minimum Gasteiger partial charge on any atom is -0.390 e. The molecule has 180 valence electrons. The number of carbonyl (C=O) groups is 1. The number of nitrogens with one attached hydrogen (secondary N) is 1. The lowest BCUT2D eigenvalue weighted by molar-refractivity contribution is 0.00673. The van der Waals surface area contributed by atoms with Crippen LogP contribution in [0.5, 0.6) is 0 Å². The number of hydrogen-bond acceptors (Lipinski definition) is 7. The number of sulfone groups is 1. The molecule has 8 nitrogen and oxygen atoms in total. The van der Waals surface area contributed by atoms with Gasteiger partial charge in [0.05, 0.1) is 21.2 Å². The average Bonchev–Trinajstić information content (AvgIpc) is 2.70. The van der Waals surface area contributed by atoms with Gasteiger partial charge in [0.1, 0.15) is 0 Å². The lowest BCUT2D eigenvalue weighted by Crippen LogP contribution is -2.30. The Morgan fingerprint density at radius 1 is 1.27 bits per heavy atom. The van der Waals surface area contributed by atoms with Crippen LogP contribution in [0.1, 0.15) is 61.6 Å². The second-order valence-electron chi connectivity index (χ2n) is 8.90. The molecule has 1 heterocycles. The van der Waals surface area contributed by atoms with E-state index in [4.69, 9.17) is 28.9 Å². The zero-order valence-corrected chi connectivity index (χ0v) is 20.9. The van der Waals surface area contributed by atoms with Crippen molar-refractivity contribution in [3.8, 4) is 0 Å². The fourth-order valence-electron chi connectivity index (χ4n) is 4.03. The van der Waals surface area contributed by atoms with E-state index in [1.54, 1.807) is 0 Å². The third-order valence-electron chi connectivity index (χ3n) is 5.95. The predicted octanol–water partition coefficient (Wildman–Crippen LogP) is 4.29. The van der Waals surface area contributed by atoms with Crippen molar-refractivity contribution in [3.05, 3.63) is 39.8 Å². The molecule has 1 aromatic heterocycles. The zero-order valence-electron chi connectivity index (χ0n) is 18.6. The summed E-state index contributed by atoms with van der Waals surface area (Å²) in [5, 5.41) is 13.2. The summed E-state index contributed by atoms with van der Waals surface area (Å²) in [7, 11) is -3.48. The number of aliphatic hydroxyl groups is 1. The van der Waals surface area contributed by atoms with E-state index in [1.165, 1.54) is 18.2 Å². The molecule has 3 rings (SSSR count). The minimum absolute atomic E-state index is 0.00283. The highest BCUT2D eigenvalue weighted by Gasteiger charge is 2.28. The van der Waals surface area contributed by atoms with Gasteiger partial charge in [0.2, 0.25) is 0 Å². The van der Waals surface area contributed by atoms with Gasteiger partial charge in [0.25, 0.3) is 5.91 Å².